The zero-order chi connectivity index (χ0) is 19.8. The fourth-order valence-electron chi connectivity index (χ4n) is 3.40. The maximum absolute atomic E-state index is 4.89. The fraction of sp³-hybridized carbons (Fsp3) is 0.273. The Morgan fingerprint density at radius 3 is 2.34 bits per heavy atom. The molecule has 5 rings (SSSR count). The second-order valence-electron chi connectivity index (χ2n) is 7.67. The molecule has 1 aliphatic carbocycles. The molecule has 7 heteroatoms. The van der Waals surface area contributed by atoms with Gasteiger partial charge in [-0.15, -0.1) is 0 Å². The van der Waals surface area contributed by atoms with Gasteiger partial charge in [-0.05, 0) is 30.4 Å². The zero-order valence-corrected chi connectivity index (χ0v) is 16.6. The Labute approximate surface area is 169 Å². The highest BCUT2D eigenvalue weighted by atomic mass is 15.2. The van der Waals surface area contributed by atoms with Crippen LogP contribution >= 0.6 is 0 Å². The highest BCUT2D eigenvalue weighted by Crippen LogP contribution is 2.32. The van der Waals surface area contributed by atoms with Crippen LogP contribution in [0.2, 0.25) is 0 Å². The predicted molar refractivity (Wildman–Crippen MR) is 113 cm³/mol. The molecule has 0 aliphatic heterocycles. The summed E-state index contributed by atoms with van der Waals surface area (Å²) in [5.74, 6) is 2.33. The molecule has 0 atom stereocenters. The number of hydrogen-bond donors (Lipinski definition) is 1. The fourth-order valence-corrected chi connectivity index (χ4v) is 3.40. The van der Waals surface area contributed by atoms with Gasteiger partial charge in [0.05, 0.1) is 12.4 Å². The third-order valence-corrected chi connectivity index (χ3v) is 5.22. The summed E-state index contributed by atoms with van der Waals surface area (Å²) in [7, 11) is 3.84. The molecule has 4 aromatic rings. The minimum Gasteiger partial charge on any atom is -0.369 e. The normalized spacial score (nSPS) is 13.6. The molecular formula is C22H23N7. The molecule has 1 aromatic carbocycles. The van der Waals surface area contributed by atoms with Crippen molar-refractivity contribution in [2.45, 2.75) is 12.8 Å². The van der Waals surface area contributed by atoms with E-state index in [1.165, 1.54) is 12.8 Å². The molecule has 146 valence electrons. The predicted octanol–water partition coefficient (Wildman–Crippen LogP) is 3.77. The van der Waals surface area contributed by atoms with Crippen LogP contribution in [-0.2, 0) is 14.1 Å². The summed E-state index contributed by atoms with van der Waals surface area (Å²) in [5.41, 5.74) is 5.15. The molecule has 7 nitrogen and oxygen atoms in total. The number of nitrogens with one attached hydrogen (secondary N) is 1. The third-order valence-electron chi connectivity index (χ3n) is 5.22. The summed E-state index contributed by atoms with van der Waals surface area (Å²) in [6.07, 6.45) is 12.2. The molecule has 0 spiro atoms. The smallest absolute Gasteiger partial charge is 0.161 e. The summed E-state index contributed by atoms with van der Waals surface area (Å²) in [5, 5.41) is 12.1. The van der Waals surface area contributed by atoms with E-state index in [4.69, 9.17) is 4.98 Å². The van der Waals surface area contributed by atoms with Gasteiger partial charge in [-0.2, -0.15) is 10.2 Å². The first-order valence-corrected chi connectivity index (χ1v) is 9.85. The van der Waals surface area contributed by atoms with Gasteiger partial charge in [0.15, 0.2) is 5.82 Å². The molecule has 0 saturated heterocycles. The lowest BCUT2D eigenvalue weighted by molar-refractivity contribution is 0.768. The van der Waals surface area contributed by atoms with Gasteiger partial charge in [0.1, 0.15) is 5.82 Å². The average molecular weight is 385 g/mol. The van der Waals surface area contributed by atoms with Crippen molar-refractivity contribution < 1.29 is 0 Å². The average Bonchev–Trinajstić information content (AvgIpc) is 3.31. The highest BCUT2D eigenvalue weighted by Gasteiger charge is 2.22. The molecule has 29 heavy (non-hydrogen) atoms. The van der Waals surface area contributed by atoms with Gasteiger partial charge >= 0.3 is 0 Å². The number of hydrogen-bond acceptors (Lipinski definition) is 5. The van der Waals surface area contributed by atoms with E-state index in [0.29, 0.717) is 5.82 Å². The maximum Gasteiger partial charge on any atom is 0.161 e. The molecule has 3 aromatic heterocycles. The van der Waals surface area contributed by atoms with Crippen molar-refractivity contribution in [2.75, 3.05) is 11.9 Å². The lowest BCUT2D eigenvalue weighted by Gasteiger charge is -2.12. The van der Waals surface area contributed by atoms with Gasteiger partial charge in [0.2, 0.25) is 0 Å². The van der Waals surface area contributed by atoms with Gasteiger partial charge in [-0.3, -0.25) is 9.36 Å². The molecule has 0 radical (unpaired) electrons. The Bertz CT molecular complexity index is 1150. The van der Waals surface area contributed by atoms with Crippen LogP contribution in [-0.4, -0.2) is 36.1 Å². The van der Waals surface area contributed by atoms with Gasteiger partial charge < -0.3 is 5.32 Å². The minimum atomic E-state index is 0.710. The van der Waals surface area contributed by atoms with Gasteiger partial charge in [-0.25, -0.2) is 9.97 Å². The molecule has 0 unspecified atom stereocenters. The van der Waals surface area contributed by atoms with E-state index in [2.05, 4.69) is 32.6 Å². The van der Waals surface area contributed by atoms with Crippen molar-refractivity contribution in [1.82, 2.24) is 29.5 Å². The Morgan fingerprint density at radius 1 is 0.931 bits per heavy atom. The van der Waals surface area contributed by atoms with Crippen LogP contribution in [0.25, 0.3) is 33.6 Å². The number of rotatable bonds is 6. The van der Waals surface area contributed by atoms with Crippen molar-refractivity contribution >= 4 is 5.82 Å². The van der Waals surface area contributed by atoms with Gasteiger partial charge in [0.25, 0.3) is 0 Å². The molecule has 0 bridgehead atoms. The molecule has 0 amide bonds. The Hall–Kier alpha value is -3.48. The largest absolute Gasteiger partial charge is 0.369 e. The van der Waals surface area contributed by atoms with Crippen LogP contribution in [0, 0.1) is 5.92 Å². The molecule has 1 N–H and O–H groups in total. The van der Waals surface area contributed by atoms with Crippen molar-refractivity contribution in [1.29, 1.82) is 0 Å². The van der Waals surface area contributed by atoms with Crippen LogP contribution in [0.1, 0.15) is 12.8 Å². The van der Waals surface area contributed by atoms with Crippen LogP contribution in [0.5, 0.6) is 0 Å². The summed E-state index contributed by atoms with van der Waals surface area (Å²) < 4.78 is 3.60. The van der Waals surface area contributed by atoms with Gasteiger partial charge in [-0.1, -0.05) is 18.2 Å². The topological polar surface area (TPSA) is 73.5 Å². The van der Waals surface area contributed by atoms with Crippen LogP contribution in [0.4, 0.5) is 5.82 Å². The van der Waals surface area contributed by atoms with E-state index in [-0.39, 0.29) is 0 Å². The van der Waals surface area contributed by atoms with E-state index in [9.17, 15) is 0 Å². The Morgan fingerprint density at radius 2 is 1.66 bits per heavy atom. The maximum atomic E-state index is 4.89. The number of aryl methyl sites for hydroxylation is 2. The molecule has 1 fully saturated rings. The number of aromatic nitrogens is 6. The zero-order valence-electron chi connectivity index (χ0n) is 16.6. The molecule has 3 heterocycles. The molecule has 1 saturated carbocycles. The SMILES string of the molecule is Cn1cc(-c2cccc(-c3ncc(-c4cnn(C)c4)c(NCC4CC4)n3)c2)cn1. The second kappa shape index (κ2) is 7.16. The van der Waals surface area contributed by atoms with E-state index >= 15 is 0 Å². The van der Waals surface area contributed by atoms with Crippen molar-refractivity contribution in [3.63, 3.8) is 0 Å². The van der Waals surface area contributed by atoms with Crippen molar-refractivity contribution in [3.8, 4) is 33.6 Å². The van der Waals surface area contributed by atoms with Crippen LogP contribution in [0.15, 0.2) is 55.2 Å². The lowest BCUT2D eigenvalue weighted by Crippen LogP contribution is -2.07. The summed E-state index contributed by atoms with van der Waals surface area (Å²) >= 11 is 0. The number of benzene rings is 1. The lowest BCUT2D eigenvalue weighted by atomic mass is 10.1. The highest BCUT2D eigenvalue weighted by molar-refractivity contribution is 5.76. The Kier molecular flexibility index (Phi) is 4.35. The van der Waals surface area contributed by atoms with Crippen molar-refractivity contribution in [2.24, 2.45) is 20.0 Å². The van der Waals surface area contributed by atoms with E-state index in [0.717, 1.165) is 46.1 Å². The van der Waals surface area contributed by atoms with Gasteiger partial charge in [0, 0.05) is 61.5 Å². The first kappa shape index (κ1) is 17.6. The monoisotopic (exact) mass is 385 g/mol. The quantitative estimate of drug-likeness (QED) is 0.547. The number of anilines is 1. The Balaban J connectivity index is 1.52. The minimum absolute atomic E-state index is 0.710. The molecular weight excluding hydrogens is 362 g/mol. The first-order valence-electron chi connectivity index (χ1n) is 9.85. The summed E-state index contributed by atoms with van der Waals surface area (Å²) in [6, 6.07) is 8.27. The first-order chi connectivity index (χ1) is 14.2. The van der Waals surface area contributed by atoms with Crippen LogP contribution in [0.3, 0.4) is 0 Å². The van der Waals surface area contributed by atoms with E-state index < -0.39 is 0 Å². The van der Waals surface area contributed by atoms with Crippen molar-refractivity contribution in [3.05, 3.63) is 55.2 Å². The molecule has 1 aliphatic rings. The second-order valence-corrected chi connectivity index (χ2v) is 7.67. The van der Waals surface area contributed by atoms with E-state index in [1.807, 2.05) is 57.2 Å². The van der Waals surface area contributed by atoms with Crippen LogP contribution < -0.4 is 5.32 Å². The third kappa shape index (κ3) is 3.76. The number of nitrogens with zero attached hydrogens (tertiary/aromatic N) is 6. The summed E-state index contributed by atoms with van der Waals surface area (Å²) in [4.78, 5) is 9.56. The summed E-state index contributed by atoms with van der Waals surface area (Å²) in [6.45, 7) is 0.944. The van der Waals surface area contributed by atoms with E-state index in [1.54, 1.807) is 9.36 Å². The standard InChI is InChI=1S/C22H23N7/c1-28-13-18(10-25-28)16-4-3-5-17(8-16)21-24-12-20(19-11-26-29(2)14-19)22(27-21)23-9-15-6-7-15/h3-5,8,10-15H,6-7,9H2,1-2H3,(H,23,24,27).